The van der Waals surface area contributed by atoms with Gasteiger partial charge in [-0.05, 0) is 36.4 Å². The predicted octanol–water partition coefficient (Wildman–Crippen LogP) is 0.699. The topological polar surface area (TPSA) is 97.9 Å². The Balaban J connectivity index is 1.32. The highest BCUT2D eigenvalue weighted by atomic mass is 19.1. The smallest absolute Gasteiger partial charge is 0.243 e. The van der Waals surface area contributed by atoms with Gasteiger partial charge >= 0.3 is 0 Å². The van der Waals surface area contributed by atoms with Gasteiger partial charge in [0.25, 0.3) is 0 Å². The summed E-state index contributed by atoms with van der Waals surface area (Å²) in [5.41, 5.74) is 0.432. The van der Waals surface area contributed by atoms with Crippen molar-refractivity contribution in [2.24, 2.45) is 0 Å². The minimum atomic E-state index is -0.874. The number of carbonyl (C=O) groups excluding carboxylic acids is 3. The lowest BCUT2D eigenvalue weighted by atomic mass is 10.1. The first-order valence-electron chi connectivity index (χ1n) is 11.0. The van der Waals surface area contributed by atoms with Crippen LogP contribution < -0.4 is 15.5 Å². The maximum atomic E-state index is 13.1. The van der Waals surface area contributed by atoms with Crippen LogP contribution in [0.2, 0.25) is 0 Å². The predicted molar refractivity (Wildman–Crippen MR) is 121 cm³/mol. The molecule has 0 saturated carbocycles. The Hall–Kier alpha value is -3.53. The molecule has 1 aromatic carbocycles. The third-order valence-electron chi connectivity index (χ3n) is 5.86. The molecule has 2 aliphatic heterocycles. The van der Waals surface area contributed by atoms with Crippen LogP contribution in [0, 0.1) is 5.82 Å². The van der Waals surface area contributed by atoms with E-state index in [-0.39, 0.29) is 24.8 Å². The van der Waals surface area contributed by atoms with Crippen molar-refractivity contribution in [3.05, 3.63) is 54.5 Å². The lowest BCUT2D eigenvalue weighted by Gasteiger charge is -2.38. The third-order valence-corrected chi connectivity index (χ3v) is 5.86. The molecule has 2 saturated heterocycles. The normalized spacial score (nSPS) is 19.2. The van der Waals surface area contributed by atoms with Crippen LogP contribution in [0.1, 0.15) is 6.42 Å². The Morgan fingerprint density at radius 2 is 1.82 bits per heavy atom. The number of pyridine rings is 1. The van der Waals surface area contributed by atoms with E-state index in [0.717, 1.165) is 18.9 Å². The van der Waals surface area contributed by atoms with Crippen molar-refractivity contribution < 1.29 is 18.8 Å². The maximum Gasteiger partial charge on any atom is 0.243 e. The van der Waals surface area contributed by atoms with Crippen molar-refractivity contribution >= 4 is 29.2 Å². The molecule has 33 heavy (non-hydrogen) atoms. The van der Waals surface area contributed by atoms with Crippen molar-refractivity contribution in [3.63, 3.8) is 0 Å². The standard InChI is InChI=1S/C23H27FN6O3/c24-17-4-6-18(7-5-17)27-21(31)15-19-23(33)26-9-10-30(19)22(32)16-28-11-13-29(14-12-28)20-3-1-2-8-25-20/h1-8,19H,9-16H2,(H,26,33)(H,27,31)/t19-/m1/s1. The monoisotopic (exact) mass is 454 g/mol. The van der Waals surface area contributed by atoms with E-state index in [0.29, 0.717) is 31.9 Å². The minimum Gasteiger partial charge on any atom is -0.354 e. The van der Waals surface area contributed by atoms with E-state index in [2.05, 4.69) is 25.4 Å². The molecular formula is C23H27FN6O3. The number of hydrogen-bond donors (Lipinski definition) is 2. The molecule has 2 fully saturated rings. The van der Waals surface area contributed by atoms with Gasteiger partial charge in [0.05, 0.1) is 13.0 Å². The lowest BCUT2D eigenvalue weighted by Crippen LogP contribution is -2.60. The summed E-state index contributed by atoms with van der Waals surface area (Å²) in [5, 5.41) is 5.38. The van der Waals surface area contributed by atoms with E-state index >= 15 is 0 Å². The van der Waals surface area contributed by atoms with E-state index < -0.39 is 17.8 Å². The maximum absolute atomic E-state index is 13.1. The highest BCUT2D eigenvalue weighted by Gasteiger charge is 2.35. The molecule has 0 unspecified atom stereocenters. The Morgan fingerprint density at radius 3 is 2.52 bits per heavy atom. The molecule has 2 aromatic rings. The second kappa shape index (κ2) is 10.4. The van der Waals surface area contributed by atoms with Gasteiger partial charge in [0.1, 0.15) is 17.7 Å². The Morgan fingerprint density at radius 1 is 1.06 bits per heavy atom. The number of nitrogens with zero attached hydrogens (tertiary/aromatic N) is 4. The van der Waals surface area contributed by atoms with Crippen molar-refractivity contribution in [2.75, 3.05) is 56.0 Å². The molecule has 2 aliphatic rings. The van der Waals surface area contributed by atoms with E-state index in [9.17, 15) is 18.8 Å². The molecule has 2 N–H and O–H groups in total. The van der Waals surface area contributed by atoms with Crippen LogP contribution in [0.25, 0.3) is 0 Å². The summed E-state index contributed by atoms with van der Waals surface area (Å²) in [4.78, 5) is 48.1. The summed E-state index contributed by atoms with van der Waals surface area (Å²) < 4.78 is 13.1. The molecule has 0 radical (unpaired) electrons. The molecule has 4 rings (SSSR count). The number of amides is 3. The van der Waals surface area contributed by atoms with Gasteiger partial charge in [0, 0.05) is 51.2 Å². The van der Waals surface area contributed by atoms with Crippen molar-refractivity contribution in [2.45, 2.75) is 12.5 Å². The largest absolute Gasteiger partial charge is 0.354 e. The summed E-state index contributed by atoms with van der Waals surface area (Å²) in [5.74, 6) is -0.411. The van der Waals surface area contributed by atoms with E-state index in [1.165, 1.54) is 29.2 Å². The second-order valence-electron chi connectivity index (χ2n) is 8.10. The number of piperazine rings is 2. The van der Waals surface area contributed by atoms with Crippen LogP contribution in [0.3, 0.4) is 0 Å². The minimum absolute atomic E-state index is 0.164. The van der Waals surface area contributed by atoms with E-state index in [1.807, 2.05) is 18.2 Å². The van der Waals surface area contributed by atoms with Gasteiger partial charge in [0.2, 0.25) is 17.7 Å². The molecule has 9 nitrogen and oxygen atoms in total. The van der Waals surface area contributed by atoms with Gasteiger partial charge in [-0.3, -0.25) is 19.3 Å². The fourth-order valence-electron chi connectivity index (χ4n) is 4.09. The van der Waals surface area contributed by atoms with Crippen LogP contribution in [-0.4, -0.2) is 84.4 Å². The number of benzene rings is 1. The van der Waals surface area contributed by atoms with Gasteiger partial charge in [-0.2, -0.15) is 0 Å². The molecule has 0 bridgehead atoms. The van der Waals surface area contributed by atoms with Gasteiger partial charge in [0.15, 0.2) is 0 Å². The van der Waals surface area contributed by atoms with Gasteiger partial charge in [-0.15, -0.1) is 0 Å². The number of halogens is 1. The number of rotatable bonds is 6. The summed E-state index contributed by atoms with van der Waals surface area (Å²) >= 11 is 0. The highest BCUT2D eigenvalue weighted by molar-refractivity contribution is 5.97. The van der Waals surface area contributed by atoms with Gasteiger partial charge < -0.3 is 20.4 Å². The van der Waals surface area contributed by atoms with Crippen molar-refractivity contribution in [1.82, 2.24) is 20.1 Å². The van der Waals surface area contributed by atoms with Crippen LogP contribution in [0.4, 0.5) is 15.9 Å². The molecule has 10 heteroatoms. The number of aromatic nitrogens is 1. The lowest BCUT2D eigenvalue weighted by molar-refractivity contribution is -0.145. The van der Waals surface area contributed by atoms with E-state index in [4.69, 9.17) is 0 Å². The molecule has 0 spiro atoms. The molecule has 1 atom stereocenters. The second-order valence-corrected chi connectivity index (χ2v) is 8.10. The average molecular weight is 455 g/mol. The fraction of sp³-hybridized carbons (Fsp3) is 0.391. The number of hydrogen-bond acceptors (Lipinski definition) is 6. The zero-order valence-corrected chi connectivity index (χ0v) is 18.2. The molecular weight excluding hydrogens is 427 g/mol. The number of anilines is 2. The van der Waals surface area contributed by atoms with Gasteiger partial charge in [-0.1, -0.05) is 6.07 Å². The molecule has 174 valence electrons. The fourth-order valence-corrected chi connectivity index (χ4v) is 4.09. The zero-order valence-electron chi connectivity index (χ0n) is 18.2. The van der Waals surface area contributed by atoms with Crippen LogP contribution in [0.5, 0.6) is 0 Å². The Bertz CT molecular complexity index is 979. The highest BCUT2D eigenvalue weighted by Crippen LogP contribution is 2.15. The average Bonchev–Trinajstić information content (AvgIpc) is 2.83. The van der Waals surface area contributed by atoms with E-state index in [1.54, 1.807) is 6.20 Å². The van der Waals surface area contributed by atoms with Gasteiger partial charge in [-0.25, -0.2) is 9.37 Å². The van der Waals surface area contributed by atoms with Crippen LogP contribution >= 0.6 is 0 Å². The first-order valence-corrected chi connectivity index (χ1v) is 11.0. The SMILES string of the molecule is O=C(C[C@@H]1C(=O)NCCN1C(=O)CN1CCN(c2ccccn2)CC1)Nc1ccc(F)cc1. The molecule has 3 amide bonds. The Labute approximate surface area is 191 Å². The van der Waals surface area contributed by atoms with Crippen LogP contribution in [0.15, 0.2) is 48.7 Å². The molecule has 3 heterocycles. The summed E-state index contributed by atoms with van der Waals surface area (Å²) in [6.07, 6.45) is 1.60. The summed E-state index contributed by atoms with van der Waals surface area (Å²) in [6.45, 7) is 3.83. The molecule has 0 aliphatic carbocycles. The quantitative estimate of drug-likeness (QED) is 0.667. The zero-order chi connectivity index (χ0) is 23.2. The molecule has 1 aromatic heterocycles. The first-order chi connectivity index (χ1) is 16.0. The number of carbonyl (C=O) groups is 3. The first kappa shape index (κ1) is 22.7. The van der Waals surface area contributed by atoms with Crippen molar-refractivity contribution in [1.29, 1.82) is 0 Å². The Kier molecular flexibility index (Phi) is 7.13. The third kappa shape index (κ3) is 5.83. The van der Waals surface area contributed by atoms with Crippen LogP contribution in [-0.2, 0) is 14.4 Å². The summed E-state index contributed by atoms with van der Waals surface area (Å²) in [7, 11) is 0. The number of nitrogens with one attached hydrogen (secondary N) is 2. The summed E-state index contributed by atoms with van der Waals surface area (Å²) in [6, 6.07) is 10.3. The van der Waals surface area contributed by atoms with Crippen molar-refractivity contribution in [3.8, 4) is 0 Å².